The minimum absolute atomic E-state index is 0.0748. The number of allylic oxidation sites excluding steroid dienone is 11. The molecule has 0 fully saturated rings. The molecule has 364 valence electrons. The lowest BCUT2D eigenvalue weighted by Gasteiger charge is -2.30. The van der Waals surface area contributed by atoms with Crippen LogP contribution in [0.4, 0.5) is 22.7 Å². The van der Waals surface area contributed by atoms with Gasteiger partial charge in [-0.3, -0.25) is 0 Å². The molecule has 0 spiro atoms. The summed E-state index contributed by atoms with van der Waals surface area (Å²) in [6.07, 6.45) is 22.9. The van der Waals surface area contributed by atoms with Crippen LogP contribution in [0.15, 0.2) is 273 Å². The van der Waals surface area contributed by atoms with Crippen molar-refractivity contribution in [3.63, 3.8) is 0 Å². The molecule has 0 amide bonds. The number of nitrogens with one attached hydrogen (secondary N) is 1. The lowest BCUT2D eigenvalue weighted by molar-refractivity contribution is 0.596. The van der Waals surface area contributed by atoms with E-state index < -0.39 is 0 Å². The largest absolute Gasteiger partial charge is 0.379 e. The average molecular weight is 959 g/mol. The van der Waals surface area contributed by atoms with Crippen LogP contribution in [0.2, 0.25) is 0 Å². The first kappa shape index (κ1) is 49.1. The highest BCUT2D eigenvalue weighted by Gasteiger charge is 2.39. The van der Waals surface area contributed by atoms with Crippen LogP contribution in [0.5, 0.6) is 0 Å². The smallest absolute Gasteiger partial charge is 0.0485 e. The minimum atomic E-state index is -0.0748. The van der Waals surface area contributed by atoms with Gasteiger partial charge in [0.05, 0.1) is 0 Å². The van der Waals surface area contributed by atoms with Gasteiger partial charge < -0.3 is 10.2 Å². The average Bonchev–Trinajstić information content (AvgIpc) is 3.70. The quantitative estimate of drug-likeness (QED) is 0.116. The Morgan fingerprint density at radius 1 is 0.595 bits per heavy atom. The first-order valence-electron chi connectivity index (χ1n) is 26.3. The molecule has 11 rings (SSSR count). The lowest BCUT2D eigenvalue weighted by Crippen LogP contribution is -2.26. The molecule has 3 aliphatic carbocycles. The van der Waals surface area contributed by atoms with E-state index in [0.717, 1.165) is 42.0 Å². The molecule has 2 heteroatoms. The van der Waals surface area contributed by atoms with Crippen molar-refractivity contribution in [2.45, 2.75) is 58.4 Å². The van der Waals surface area contributed by atoms with Gasteiger partial charge in [-0.05, 0) is 158 Å². The van der Waals surface area contributed by atoms with Crippen LogP contribution >= 0.6 is 0 Å². The van der Waals surface area contributed by atoms with Gasteiger partial charge in [-0.1, -0.05) is 241 Å². The summed E-state index contributed by atoms with van der Waals surface area (Å²) in [5.74, 6) is 0.622. The molecule has 8 aromatic carbocycles. The maximum Gasteiger partial charge on any atom is 0.0485 e. The van der Waals surface area contributed by atoms with Crippen molar-refractivity contribution >= 4 is 39.5 Å². The molecule has 3 aliphatic rings. The fourth-order valence-corrected chi connectivity index (χ4v) is 10.6. The summed E-state index contributed by atoms with van der Waals surface area (Å²) in [5, 5.41) is 3.83. The van der Waals surface area contributed by atoms with Crippen LogP contribution in [0, 0.1) is 5.92 Å². The maximum atomic E-state index is 3.88. The summed E-state index contributed by atoms with van der Waals surface area (Å²) in [6, 6.07) is 74.6. The summed E-state index contributed by atoms with van der Waals surface area (Å²) in [4.78, 5) is 2.35. The van der Waals surface area contributed by atoms with E-state index in [1.807, 2.05) is 24.3 Å². The van der Waals surface area contributed by atoms with E-state index in [-0.39, 0.29) is 11.5 Å². The standard InChI is InChI=1S/C60H56N2.C12H10/c1-6-8-13-43(12-7-2)47-22-32-53(33-23-47)62(54-34-24-48(25-35-54)44-14-10-9-11-15-44)55-36-26-49(27-37-55)50-28-38-56-57-39-31-52(41-59(57)60(4,5)58(56)40-50)61-51-29-20-46(21-30-51)45-18-16-42(3)17-19-45;1-3-7-11(8-4-1)12-9-5-2-6-10-12/h6,8-16,18-40,42,52,61H,1,7,17,41H2,2-5H3;1-10H/b13-8-,43-12+;. The van der Waals surface area contributed by atoms with E-state index in [2.05, 4.69) is 281 Å². The summed E-state index contributed by atoms with van der Waals surface area (Å²) in [7, 11) is 0. The van der Waals surface area contributed by atoms with E-state index in [0.29, 0.717) is 5.92 Å². The van der Waals surface area contributed by atoms with E-state index in [9.17, 15) is 0 Å². The number of fused-ring (bicyclic) bond motifs is 2. The number of anilines is 4. The molecule has 0 heterocycles. The monoisotopic (exact) mass is 959 g/mol. The third-order valence-electron chi connectivity index (χ3n) is 14.7. The molecule has 0 bridgehead atoms. The molecule has 0 radical (unpaired) electrons. The van der Waals surface area contributed by atoms with Crippen LogP contribution in [0.3, 0.4) is 0 Å². The zero-order valence-corrected chi connectivity index (χ0v) is 43.3. The molecule has 2 unspecified atom stereocenters. The van der Waals surface area contributed by atoms with Crippen LogP contribution < -0.4 is 10.2 Å². The van der Waals surface area contributed by atoms with Crippen molar-refractivity contribution in [2.75, 3.05) is 10.2 Å². The molecule has 2 nitrogen and oxygen atoms in total. The Bertz CT molecular complexity index is 3350. The van der Waals surface area contributed by atoms with Crippen molar-refractivity contribution in [1.82, 2.24) is 0 Å². The Morgan fingerprint density at radius 3 is 1.64 bits per heavy atom. The second-order valence-electron chi connectivity index (χ2n) is 20.1. The molecule has 0 aromatic heterocycles. The van der Waals surface area contributed by atoms with Gasteiger partial charge in [0.1, 0.15) is 0 Å². The van der Waals surface area contributed by atoms with E-state index in [1.165, 1.54) is 77.9 Å². The van der Waals surface area contributed by atoms with Crippen LogP contribution in [0.25, 0.3) is 50.1 Å². The van der Waals surface area contributed by atoms with Gasteiger partial charge in [0.25, 0.3) is 0 Å². The Hall–Kier alpha value is -8.46. The second kappa shape index (κ2) is 22.5. The van der Waals surface area contributed by atoms with Crippen molar-refractivity contribution in [1.29, 1.82) is 0 Å². The number of nitrogens with zero attached hydrogens (tertiary/aromatic N) is 1. The Labute approximate surface area is 440 Å². The van der Waals surface area contributed by atoms with Crippen LogP contribution in [0.1, 0.15) is 69.2 Å². The third-order valence-corrected chi connectivity index (χ3v) is 14.7. The number of hydrogen-bond donors (Lipinski definition) is 1. The molecular weight excluding hydrogens is 893 g/mol. The minimum Gasteiger partial charge on any atom is -0.379 e. The summed E-state index contributed by atoms with van der Waals surface area (Å²) in [5.41, 5.74) is 22.5. The van der Waals surface area contributed by atoms with Gasteiger partial charge in [0.15, 0.2) is 0 Å². The highest BCUT2D eigenvalue weighted by atomic mass is 15.1. The van der Waals surface area contributed by atoms with E-state index >= 15 is 0 Å². The first-order valence-corrected chi connectivity index (χ1v) is 26.3. The predicted octanol–water partition coefficient (Wildman–Crippen LogP) is 19.8. The fourth-order valence-electron chi connectivity index (χ4n) is 10.6. The lowest BCUT2D eigenvalue weighted by atomic mass is 9.77. The highest BCUT2D eigenvalue weighted by Crippen LogP contribution is 2.51. The van der Waals surface area contributed by atoms with Crippen molar-refractivity contribution in [2.24, 2.45) is 5.92 Å². The molecule has 0 aliphatic heterocycles. The van der Waals surface area contributed by atoms with E-state index in [4.69, 9.17) is 0 Å². The topological polar surface area (TPSA) is 15.3 Å². The Morgan fingerprint density at radius 2 is 1.11 bits per heavy atom. The zero-order valence-electron chi connectivity index (χ0n) is 43.3. The van der Waals surface area contributed by atoms with Gasteiger partial charge in [-0.15, -0.1) is 0 Å². The van der Waals surface area contributed by atoms with Crippen molar-refractivity contribution < 1.29 is 0 Å². The molecule has 2 atom stereocenters. The van der Waals surface area contributed by atoms with Crippen LogP contribution in [-0.2, 0) is 5.41 Å². The predicted molar refractivity (Wildman–Crippen MR) is 320 cm³/mol. The fraction of sp³-hybridized carbons (Fsp3) is 0.139. The number of hydrogen-bond acceptors (Lipinski definition) is 2. The van der Waals surface area contributed by atoms with Crippen molar-refractivity contribution in [3.05, 3.63) is 295 Å². The molecule has 8 aromatic rings. The van der Waals surface area contributed by atoms with Gasteiger partial charge in [0, 0.05) is 34.2 Å². The van der Waals surface area contributed by atoms with Gasteiger partial charge in [-0.25, -0.2) is 0 Å². The molecule has 0 saturated carbocycles. The molecule has 1 N–H and O–H groups in total. The first-order chi connectivity index (χ1) is 36.2. The van der Waals surface area contributed by atoms with Crippen LogP contribution in [-0.4, -0.2) is 6.04 Å². The van der Waals surface area contributed by atoms with Gasteiger partial charge >= 0.3 is 0 Å². The highest BCUT2D eigenvalue weighted by molar-refractivity contribution is 5.89. The Balaban J connectivity index is 0.000000456. The van der Waals surface area contributed by atoms with Crippen molar-refractivity contribution in [3.8, 4) is 33.4 Å². The second-order valence-corrected chi connectivity index (χ2v) is 20.1. The molecular formula is C72H66N2. The number of benzene rings is 8. The summed E-state index contributed by atoms with van der Waals surface area (Å²) < 4.78 is 0. The molecule has 74 heavy (non-hydrogen) atoms. The Kier molecular flexibility index (Phi) is 15.0. The maximum absolute atomic E-state index is 3.88. The molecule has 0 saturated heterocycles. The summed E-state index contributed by atoms with van der Waals surface area (Å²) in [6.45, 7) is 13.1. The third kappa shape index (κ3) is 11.0. The SMILES string of the molecule is C=C/C=C\C(=C/CC)c1ccc(N(c2ccc(-c3ccccc3)cc2)c2ccc(-c3ccc4c(c3)C(C)(C)C3=C4C=CC(Nc4ccc(C5=CCC(C)C=C5)cc4)C3)cc2)cc1.c1ccc(-c2ccccc2)cc1. The normalized spacial score (nSPS) is 16.4. The zero-order chi connectivity index (χ0) is 50.9. The van der Waals surface area contributed by atoms with Gasteiger partial charge in [-0.2, -0.15) is 0 Å². The van der Waals surface area contributed by atoms with Gasteiger partial charge in [0.2, 0.25) is 0 Å². The summed E-state index contributed by atoms with van der Waals surface area (Å²) >= 11 is 0. The van der Waals surface area contributed by atoms with E-state index in [1.54, 1.807) is 0 Å². The number of rotatable bonds is 13.